The highest BCUT2D eigenvalue weighted by Gasteiger charge is 2.19. The first kappa shape index (κ1) is 14.3. The van der Waals surface area contributed by atoms with E-state index in [2.05, 4.69) is 5.32 Å². The van der Waals surface area contributed by atoms with E-state index in [1.165, 1.54) is 0 Å². The van der Waals surface area contributed by atoms with Crippen LogP contribution in [0.15, 0.2) is 24.3 Å². The van der Waals surface area contributed by atoms with E-state index in [0.717, 1.165) is 24.9 Å². The van der Waals surface area contributed by atoms with Crippen LogP contribution in [0.4, 0.5) is 0 Å². The summed E-state index contributed by atoms with van der Waals surface area (Å²) in [6.07, 6.45) is 1.47. The van der Waals surface area contributed by atoms with Crippen molar-refractivity contribution >= 4 is 17.5 Å². The zero-order chi connectivity index (χ0) is 13.7. The van der Waals surface area contributed by atoms with Crippen LogP contribution in [0.25, 0.3) is 0 Å². The van der Waals surface area contributed by atoms with Crippen molar-refractivity contribution in [3.8, 4) is 0 Å². The Bertz CT molecular complexity index is 439. The second kappa shape index (κ2) is 6.89. The maximum absolute atomic E-state index is 11.8. The molecule has 1 saturated heterocycles. The van der Waals surface area contributed by atoms with Gasteiger partial charge in [-0.25, -0.2) is 0 Å². The van der Waals surface area contributed by atoms with Crippen LogP contribution in [-0.2, 0) is 11.3 Å². The van der Waals surface area contributed by atoms with Crippen LogP contribution in [0.2, 0.25) is 5.02 Å². The molecule has 0 aromatic heterocycles. The third kappa shape index (κ3) is 4.49. The minimum absolute atomic E-state index is 0.0333. The van der Waals surface area contributed by atoms with Gasteiger partial charge in [0.25, 0.3) is 0 Å². The number of hydrogen-bond acceptors (Lipinski definition) is 3. The third-order valence-electron chi connectivity index (χ3n) is 3.28. The van der Waals surface area contributed by atoms with Crippen molar-refractivity contribution in [3.63, 3.8) is 0 Å². The first-order valence-corrected chi connectivity index (χ1v) is 6.93. The van der Waals surface area contributed by atoms with Crippen LogP contribution in [-0.4, -0.2) is 41.7 Å². The summed E-state index contributed by atoms with van der Waals surface area (Å²) in [6.45, 7) is 2.23. The van der Waals surface area contributed by atoms with Crippen molar-refractivity contribution in [1.29, 1.82) is 0 Å². The topological polar surface area (TPSA) is 52.6 Å². The zero-order valence-corrected chi connectivity index (χ0v) is 11.6. The van der Waals surface area contributed by atoms with Gasteiger partial charge in [-0.3, -0.25) is 9.69 Å². The first-order chi connectivity index (χ1) is 9.15. The van der Waals surface area contributed by atoms with Gasteiger partial charge in [0.2, 0.25) is 5.91 Å². The number of β-amino-alcohol motifs (C(OH)–C–C–N with tert-alkyl or cyclic N) is 1. The summed E-state index contributed by atoms with van der Waals surface area (Å²) in [7, 11) is 0. The maximum atomic E-state index is 11.8. The van der Waals surface area contributed by atoms with Gasteiger partial charge in [-0.15, -0.1) is 0 Å². The van der Waals surface area contributed by atoms with E-state index in [1.54, 1.807) is 0 Å². The number of aliphatic hydroxyl groups is 1. The van der Waals surface area contributed by atoms with E-state index in [0.29, 0.717) is 24.7 Å². The van der Waals surface area contributed by atoms with E-state index >= 15 is 0 Å². The predicted octanol–water partition coefficient (Wildman–Crippen LogP) is 1.41. The minimum atomic E-state index is -0.301. The van der Waals surface area contributed by atoms with Crippen molar-refractivity contribution in [2.24, 2.45) is 0 Å². The highest BCUT2D eigenvalue weighted by atomic mass is 35.5. The molecule has 0 spiro atoms. The van der Waals surface area contributed by atoms with E-state index in [4.69, 9.17) is 11.6 Å². The average molecular weight is 283 g/mol. The SMILES string of the molecule is O=C(CN1CCCC(O)C1)NCc1ccccc1Cl. The molecule has 1 aliphatic heterocycles. The smallest absolute Gasteiger partial charge is 0.234 e. The zero-order valence-electron chi connectivity index (χ0n) is 10.8. The summed E-state index contributed by atoms with van der Waals surface area (Å²) < 4.78 is 0. The van der Waals surface area contributed by atoms with Gasteiger partial charge in [0.15, 0.2) is 0 Å². The molecular weight excluding hydrogens is 264 g/mol. The molecule has 0 bridgehead atoms. The Morgan fingerprint density at radius 2 is 2.26 bits per heavy atom. The monoisotopic (exact) mass is 282 g/mol. The molecule has 1 unspecified atom stereocenters. The summed E-state index contributed by atoms with van der Waals surface area (Å²) in [6, 6.07) is 7.47. The van der Waals surface area contributed by atoms with Gasteiger partial charge in [-0.05, 0) is 31.0 Å². The Morgan fingerprint density at radius 1 is 1.47 bits per heavy atom. The van der Waals surface area contributed by atoms with Crippen molar-refractivity contribution in [3.05, 3.63) is 34.9 Å². The van der Waals surface area contributed by atoms with Crippen molar-refractivity contribution < 1.29 is 9.90 Å². The molecule has 1 aromatic carbocycles. The number of carbonyl (C=O) groups is 1. The van der Waals surface area contributed by atoms with Gasteiger partial charge >= 0.3 is 0 Å². The van der Waals surface area contributed by atoms with Crippen LogP contribution >= 0.6 is 11.6 Å². The number of rotatable bonds is 4. The van der Waals surface area contributed by atoms with Crippen molar-refractivity contribution in [2.45, 2.75) is 25.5 Å². The fourth-order valence-corrected chi connectivity index (χ4v) is 2.47. The number of nitrogens with zero attached hydrogens (tertiary/aromatic N) is 1. The number of piperidine rings is 1. The molecular formula is C14H19ClN2O2. The highest BCUT2D eigenvalue weighted by Crippen LogP contribution is 2.14. The van der Waals surface area contributed by atoms with E-state index in [9.17, 15) is 9.90 Å². The summed E-state index contributed by atoms with van der Waals surface area (Å²) in [4.78, 5) is 13.8. The normalized spacial score (nSPS) is 20.2. The first-order valence-electron chi connectivity index (χ1n) is 6.55. The quantitative estimate of drug-likeness (QED) is 0.878. The fourth-order valence-electron chi connectivity index (χ4n) is 2.27. The van der Waals surface area contributed by atoms with Crippen LogP contribution in [0.3, 0.4) is 0 Å². The van der Waals surface area contributed by atoms with Gasteiger partial charge in [-0.2, -0.15) is 0 Å². The standard InChI is InChI=1S/C14H19ClN2O2/c15-13-6-2-1-4-11(13)8-16-14(19)10-17-7-3-5-12(18)9-17/h1-2,4,6,12,18H,3,5,7-10H2,(H,16,19). The summed E-state index contributed by atoms with van der Waals surface area (Å²) in [5.41, 5.74) is 0.913. The minimum Gasteiger partial charge on any atom is -0.392 e. The molecule has 5 heteroatoms. The molecule has 2 rings (SSSR count). The second-order valence-electron chi connectivity index (χ2n) is 4.90. The lowest BCUT2D eigenvalue weighted by atomic mass is 10.1. The number of carbonyl (C=O) groups excluding carboxylic acids is 1. The molecule has 1 fully saturated rings. The highest BCUT2D eigenvalue weighted by molar-refractivity contribution is 6.31. The molecule has 1 amide bonds. The van der Waals surface area contributed by atoms with Crippen molar-refractivity contribution in [2.75, 3.05) is 19.6 Å². The predicted molar refractivity (Wildman–Crippen MR) is 75.0 cm³/mol. The van der Waals surface area contributed by atoms with E-state index < -0.39 is 0 Å². The molecule has 1 aliphatic rings. The van der Waals surface area contributed by atoms with E-state index in [-0.39, 0.29) is 12.0 Å². The summed E-state index contributed by atoms with van der Waals surface area (Å²) in [5.74, 6) is -0.0333. The van der Waals surface area contributed by atoms with Gasteiger partial charge in [0.1, 0.15) is 0 Å². The van der Waals surface area contributed by atoms with Crippen LogP contribution in [0.5, 0.6) is 0 Å². The Kier molecular flexibility index (Phi) is 5.19. The molecule has 0 radical (unpaired) electrons. The van der Waals surface area contributed by atoms with Gasteiger partial charge in [0.05, 0.1) is 12.6 Å². The molecule has 0 saturated carbocycles. The van der Waals surface area contributed by atoms with Crippen LogP contribution in [0, 0.1) is 0 Å². The largest absolute Gasteiger partial charge is 0.392 e. The number of benzene rings is 1. The number of halogens is 1. The molecule has 1 atom stereocenters. The Balaban J connectivity index is 1.77. The molecule has 1 heterocycles. The van der Waals surface area contributed by atoms with Crippen LogP contribution < -0.4 is 5.32 Å². The lowest BCUT2D eigenvalue weighted by Gasteiger charge is -2.29. The third-order valence-corrected chi connectivity index (χ3v) is 3.65. The van der Waals surface area contributed by atoms with E-state index in [1.807, 2.05) is 29.2 Å². The summed E-state index contributed by atoms with van der Waals surface area (Å²) >= 11 is 6.02. The molecule has 4 nitrogen and oxygen atoms in total. The molecule has 2 N–H and O–H groups in total. The number of hydrogen-bond donors (Lipinski definition) is 2. The average Bonchev–Trinajstić information content (AvgIpc) is 2.38. The summed E-state index contributed by atoms with van der Waals surface area (Å²) in [5, 5.41) is 13.1. The molecule has 19 heavy (non-hydrogen) atoms. The number of amides is 1. The number of nitrogens with one attached hydrogen (secondary N) is 1. The van der Waals surface area contributed by atoms with Gasteiger partial charge in [0, 0.05) is 18.1 Å². The van der Waals surface area contributed by atoms with Crippen LogP contribution in [0.1, 0.15) is 18.4 Å². The lowest BCUT2D eigenvalue weighted by molar-refractivity contribution is -0.123. The second-order valence-corrected chi connectivity index (χ2v) is 5.31. The molecule has 1 aromatic rings. The fraction of sp³-hybridized carbons (Fsp3) is 0.500. The Hall–Kier alpha value is -1.10. The van der Waals surface area contributed by atoms with Gasteiger partial charge < -0.3 is 10.4 Å². The van der Waals surface area contributed by atoms with Gasteiger partial charge in [-0.1, -0.05) is 29.8 Å². The Labute approximate surface area is 118 Å². The number of likely N-dealkylation sites (tertiary alicyclic amines) is 1. The maximum Gasteiger partial charge on any atom is 0.234 e. The Morgan fingerprint density at radius 3 is 3.00 bits per heavy atom. The molecule has 104 valence electrons. The van der Waals surface area contributed by atoms with Crippen molar-refractivity contribution in [1.82, 2.24) is 10.2 Å². The lowest BCUT2D eigenvalue weighted by Crippen LogP contribution is -2.44. The molecule has 0 aliphatic carbocycles. The number of aliphatic hydroxyl groups excluding tert-OH is 1.